The third-order valence-corrected chi connectivity index (χ3v) is 4.01. The molecule has 2 heterocycles. The summed E-state index contributed by atoms with van der Waals surface area (Å²) in [5.74, 6) is 0.0178. The number of alkyl halides is 3. The zero-order valence-corrected chi connectivity index (χ0v) is 14.5. The molecule has 3 aromatic rings. The van der Waals surface area contributed by atoms with Gasteiger partial charge in [-0.2, -0.15) is 18.2 Å². The fraction of sp³-hybridized carbons (Fsp3) is 0.312. The first-order valence-corrected chi connectivity index (χ1v) is 8.22. The van der Waals surface area contributed by atoms with Crippen molar-refractivity contribution in [3.63, 3.8) is 0 Å². The summed E-state index contributed by atoms with van der Waals surface area (Å²) in [6, 6.07) is 6.33. The first-order chi connectivity index (χ1) is 12.3. The number of nitrogens with one attached hydrogen (secondary N) is 1. The molecular weight excluding hydrogens is 371 g/mol. The number of aryl methyl sites for hydroxylation is 1. The highest BCUT2D eigenvalue weighted by Crippen LogP contribution is 2.21. The molecule has 0 bridgehead atoms. The molecule has 2 aromatic heterocycles. The average Bonchev–Trinajstić information content (AvgIpc) is 2.98. The van der Waals surface area contributed by atoms with E-state index >= 15 is 0 Å². The summed E-state index contributed by atoms with van der Waals surface area (Å²) in [6.07, 6.45) is -3.88. The van der Waals surface area contributed by atoms with Gasteiger partial charge >= 0.3 is 6.18 Å². The molecule has 0 atom stereocenters. The smallest absolute Gasteiger partial charge is 0.355 e. The minimum atomic E-state index is -4.31. The van der Waals surface area contributed by atoms with Crippen LogP contribution < -0.4 is 10.9 Å². The van der Waals surface area contributed by atoms with Crippen molar-refractivity contribution in [1.29, 1.82) is 0 Å². The lowest BCUT2D eigenvalue weighted by Gasteiger charge is -2.15. The van der Waals surface area contributed by atoms with Gasteiger partial charge in [-0.25, -0.2) is 9.55 Å². The normalized spacial score (nSPS) is 11.9. The van der Waals surface area contributed by atoms with Crippen LogP contribution in [0.15, 0.2) is 35.4 Å². The number of hydrogen-bond acceptors (Lipinski definition) is 4. The van der Waals surface area contributed by atoms with Crippen LogP contribution in [0.5, 0.6) is 0 Å². The quantitative estimate of drug-likeness (QED) is 0.728. The van der Waals surface area contributed by atoms with E-state index in [0.29, 0.717) is 22.9 Å². The zero-order valence-electron chi connectivity index (χ0n) is 13.7. The second kappa shape index (κ2) is 6.99. The minimum Gasteiger partial charge on any atom is -0.355 e. The number of halogens is 4. The van der Waals surface area contributed by atoms with Gasteiger partial charge in [-0.15, -0.1) is 0 Å². The van der Waals surface area contributed by atoms with Gasteiger partial charge in [-0.3, -0.25) is 4.79 Å². The van der Waals surface area contributed by atoms with Gasteiger partial charge in [0.05, 0.1) is 18.4 Å². The number of nitrogens with zero attached hydrogens (tertiary/aromatic N) is 4. The van der Waals surface area contributed by atoms with E-state index in [1.165, 1.54) is 10.9 Å². The standard InChI is InChI=1S/C16H15ClF3N5O/c1-2-24-9-22-12-13(24)23-15(21-8-7-16(18,19)20)25(14(12)26)11-5-3-10(17)4-6-11/h3-6,9H,2,7-8H2,1H3,(H,21,23). The van der Waals surface area contributed by atoms with Gasteiger partial charge in [-0.1, -0.05) is 11.6 Å². The Morgan fingerprint density at radius 3 is 2.54 bits per heavy atom. The molecule has 1 N–H and O–H groups in total. The molecule has 1 aromatic carbocycles. The van der Waals surface area contributed by atoms with E-state index in [2.05, 4.69) is 15.3 Å². The Bertz CT molecular complexity index is 978. The Balaban J connectivity index is 2.13. The van der Waals surface area contributed by atoms with Crippen LogP contribution in [0.4, 0.5) is 19.1 Å². The van der Waals surface area contributed by atoms with Crippen LogP contribution in [0.25, 0.3) is 16.9 Å². The second-order valence-electron chi connectivity index (χ2n) is 5.55. The molecule has 0 fully saturated rings. The monoisotopic (exact) mass is 385 g/mol. The van der Waals surface area contributed by atoms with Crippen LogP contribution in [-0.2, 0) is 6.54 Å². The number of rotatable bonds is 5. The van der Waals surface area contributed by atoms with Gasteiger partial charge in [0.2, 0.25) is 5.95 Å². The van der Waals surface area contributed by atoms with Crippen molar-refractivity contribution in [2.75, 3.05) is 11.9 Å². The number of hydrogen-bond donors (Lipinski definition) is 1. The van der Waals surface area contributed by atoms with Gasteiger partial charge in [0.1, 0.15) is 0 Å². The van der Waals surface area contributed by atoms with E-state index in [0.717, 1.165) is 0 Å². The SMILES string of the molecule is CCn1cnc2c(=O)n(-c3ccc(Cl)cc3)c(NCCC(F)(F)F)nc21. The molecule has 0 aliphatic carbocycles. The highest BCUT2D eigenvalue weighted by molar-refractivity contribution is 6.30. The van der Waals surface area contributed by atoms with Gasteiger partial charge in [-0.05, 0) is 31.2 Å². The maximum absolute atomic E-state index is 12.9. The van der Waals surface area contributed by atoms with Crippen LogP contribution in [-0.4, -0.2) is 31.8 Å². The van der Waals surface area contributed by atoms with E-state index in [1.54, 1.807) is 28.8 Å². The van der Waals surface area contributed by atoms with Gasteiger partial charge in [0.15, 0.2) is 11.2 Å². The Morgan fingerprint density at radius 1 is 1.23 bits per heavy atom. The number of aromatic nitrogens is 4. The molecule has 6 nitrogen and oxygen atoms in total. The lowest BCUT2D eigenvalue weighted by Crippen LogP contribution is -2.25. The topological polar surface area (TPSA) is 64.7 Å². The molecular formula is C16H15ClF3N5O. The molecule has 10 heteroatoms. The molecule has 0 aliphatic heterocycles. The fourth-order valence-corrected chi connectivity index (χ4v) is 2.62. The molecule has 0 spiro atoms. The summed E-state index contributed by atoms with van der Waals surface area (Å²) >= 11 is 5.87. The van der Waals surface area contributed by atoms with Crippen LogP contribution in [0.2, 0.25) is 5.02 Å². The molecule has 0 saturated heterocycles. The number of anilines is 1. The predicted molar refractivity (Wildman–Crippen MR) is 93.0 cm³/mol. The van der Waals surface area contributed by atoms with E-state index in [9.17, 15) is 18.0 Å². The highest BCUT2D eigenvalue weighted by atomic mass is 35.5. The third kappa shape index (κ3) is 3.67. The molecule has 3 rings (SSSR count). The van der Waals surface area contributed by atoms with Crippen molar-refractivity contribution in [2.45, 2.75) is 26.1 Å². The van der Waals surface area contributed by atoms with Crippen molar-refractivity contribution in [2.24, 2.45) is 0 Å². The maximum Gasteiger partial charge on any atom is 0.390 e. The largest absolute Gasteiger partial charge is 0.390 e. The number of imidazole rings is 1. The van der Waals surface area contributed by atoms with E-state index < -0.39 is 24.7 Å². The summed E-state index contributed by atoms with van der Waals surface area (Å²) in [5, 5.41) is 3.08. The highest BCUT2D eigenvalue weighted by Gasteiger charge is 2.26. The number of fused-ring (bicyclic) bond motifs is 1. The Labute approximate surface area is 151 Å². The summed E-state index contributed by atoms with van der Waals surface area (Å²) in [4.78, 5) is 21.3. The molecule has 0 saturated carbocycles. The first-order valence-electron chi connectivity index (χ1n) is 7.84. The molecule has 0 radical (unpaired) electrons. The zero-order chi connectivity index (χ0) is 18.9. The summed E-state index contributed by atoms with van der Waals surface area (Å²) in [5.41, 5.74) is 0.411. The van der Waals surface area contributed by atoms with Gasteiger partial charge < -0.3 is 9.88 Å². The molecule has 26 heavy (non-hydrogen) atoms. The van der Waals surface area contributed by atoms with E-state index in [4.69, 9.17) is 11.6 Å². The first kappa shape index (κ1) is 18.2. The molecule has 0 amide bonds. The Kier molecular flexibility index (Phi) is 4.90. The van der Waals surface area contributed by atoms with Crippen molar-refractivity contribution >= 4 is 28.7 Å². The molecule has 138 valence electrons. The summed E-state index contributed by atoms with van der Waals surface area (Å²) in [6.45, 7) is 1.97. The minimum absolute atomic E-state index is 0.0178. The fourth-order valence-electron chi connectivity index (χ4n) is 2.49. The summed E-state index contributed by atoms with van der Waals surface area (Å²) in [7, 11) is 0. The van der Waals surface area contributed by atoms with Gasteiger partial charge in [0.25, 0.3) is 5.56 Å². The Hall–Kier alpha value is -2.55. The van der Waals surface area contributed by atoms with E-state index in [1.807, 2.05) is 6.92 Å². The van der Waals surface area contributed by atoms with Crippen LogP contribution in [0.1, 0.15) is 13.3 Å². The maximum atomic E-state index is 12.9. The third-order valence-electron chi connectivity index (χ3n) is 3.76. The van der Waals surface area contributed by atoms with Crippen molar-refractivity contribution in [3.8, 4) is 5.69 Å². The van der Waals surface area contributed by atoms with Crippen LogP contribution in [0.3, 0.4) is 0 Å². The number of benzene rings is 1. The average molecular weight is 386 g/mol. The predicted octanol–water partition coefficient (Wildman–Crippen LogP) is 3.62. The lowest BCUT2D eigenvalue weighted by atomic mass is 10.3. The molecule has 0 aliphatic rings. The van der Waals surface area contributed by atoms with Crippen LogP contribution >= 0.6 is 11.6 Å². The van der Waals surface area contributed by atoms with Crippen molar-refractivity contribution in [3.05, 3.63) is 46.0 Å². The summed E-state index contributed by atoms with van der Waals surface area (Å²) < 4.78 is 40.3. The molecule has 0 unspecified atom stereocenters. The van der Waals surface area contributed by atoms with Crippen molar-refractivity contribution < 1.29 is 13.2 Å². The Morgan fingerprint density at radius 2 is 1.92 bits per heavy atom. The second-order valence-corrected chi connectivity index (χ2v) is 5.98. The van der Waals surface area contributed by atoms with E-state index in [-0.39, 0.29) is 11.5 Å². The lowest BCUT2D eigenvalue weighted by molar-refractivity contribution is -0.131. The van der Waals surface area contributed by atoms with Crippen LogP contribution in [0, 0.1) is 0 Å². The van der Waals surface area contributed by atoms with Crippen molar-refractivity contribution in [1.82, 2.24) is 19.1 Å². The van der Waals surface area contributed by atoms with Gasteiger partial charge in [0, 0.05) is 18.1 Å².